The van der Waals surface area contributed by atoms with Gasteiger partial charge in [0.1, 0.15) is 5.82 Å². The van der Waals surface area contributed by atoms with Crippen molar-refractivity contribution >= 4 is 46.7 Å². The molecule has 0 aliphatic heterocycles. The molecule has 0 atom stereocenters. The number of benzene rings is 2. The lowest BCUT2D eigenvalue weighted by molar-refractivity contribution is 0.796. The third-order valence-electron chi connectivity index (χ3n) is 3.62. The van der Waals surface area contributed by atoms with Crippen LogP contribution in [0.2, 0.25) is 0 Å². The molecular formula is C18H22IN5. The van der Waals surface area contributed by atoms with E-state index in [4.69, 9.17) is 5.73 Å². The summed E-state index contributed by atoms with van der Waals surface area (Å²) in [6.07, 6.45) is 1.76. The second-order valence-electron chi connectivity index (χ2n) is 5.56. The van der Waals surface area contributed by atoms with Gasteiger partial charge in [-0.05, 0) is 37.6 Å². The number of aliphatic imine (C=N–C) groups is 1. The van der Waals surface area contributed by atoms with Gasteiger partial charge in [0.25, 0.3) is 0 Å². The number of hydrogen-bond acceptors (Lipinski definition) is 2. The van der Waals surface area contributed by atoms with Gasteiger partial charge in [-0.25, -0.2) is 4.98 Å². The van der Waals surface area contributed by atoms with Crippen molar-refractivity contribution in [2.45, 2.75) is 19.8 Å². The summed E-state index contributed by atoms with van der Waals surface area (Å²) >= 11 is 0. The van der Waals surface area contributed by atoms with Crippen molar-refractivity contribution in [3.05, 3.63) is 59.9 Å². The fourth-order valence-electron chi connectivity index (χ4n) is 2.39. The first-order valence-corrected chi connectivity index (χ1v) is 7.78. The minimum Gasteiger partial charge on any atom is -0.370 e. The fourth-order valence-corrected chi connectivity index (χ4v) is 2.39. The predicted octanol–water partition coefficient (Wildman–Crippen LogP) is 3.85. The Morgan fingerprint density at radius 3 is 2.67 bits per heavy atom. The average molecular weight is 435 g/mol. The number of nitrogens with one attached hydrogen (secondary N) is 2. The monoisotopic (exact) mass is 435 g/mol. The number of imidazole rings is 1. The zero-order valence-electron chi connectivity index (χ0n) is 13.6. The molecule has 4 N–H and O–H groups in total. The maximum atomic E-state index is 5.90. The van der Waals surface area contributed by atoms with Gasteiger partial charge in [0.2, 0.25) is 0 Å². The van der Waals surface area contributed by atoms with E-state index in [1.165, 1.54) is 5.56 Å². The molecule has 0 spiro atoms. The van der Waals surface area contributed by atoms with E-state index in [2.05, 4.69) is 27.2 Å². The summed E-state index contributed by atoms with van der Waals surface area (Å²) in [6, 6.07) is 16.1. The third-order valence-corrected chi connectivity index (χ3v) is 3.62. The second-order valence-corrected chi connectivity index (χ2v) is 5.56. The van der Waals surface area contributed by atoms with E-state index in [0.29, 0.717) is 12.5 Å². The number of nitrogens with two attached hydrogens (primary N) is 1. The highest BCUT2D eigenvalue weighted by Crippen LogP contribution is 2.11. The first-order valence-electron chi connectivity index (χ1n) is 7.78. The van der Waals surface area contributed by atoms with Crippen molar-refractivity contribution in [1.82, 2.24) is 9.97 Å². The summed E-state index contributed by atoms with van der Waals surface area (Å²) in [7, 11) is 0. The molecule has 0 bridgehead atoms. The van der Waals surface area contributed by atoms with Crippen molar-refractivity contribution in [3.63, 3.8) is 0 Å². The Balaban J connectivity index is 0.00000208. The maximum Gasteiger partial charge on any atom is 0.193 e. The molecule has 1 aromatic heterocycles. The van der Waals surface area contributed by atoms with Crippen LogP contribution in [0.3, 0.4) is 0 Å². The van der Waals surface area contributed by atoms with E-state index in [9.17, 15) is 0 Å². The number of nitrogens with zero attached hydrogens (tertiary/aromatic N) is 2. The van der Waals surface area contributed by atoms with Crippen molar-refractivity contribution in [2.75, 3.05) is 11.9 Å². The Morgan fingerprint density at radius 2 is 1.92 bits per heavy atom. The van der Waals surface area contributed by atoms with E-state index >= 15 is 0 Å². The minimum atomic E-state index is 0. The minimum absolute atomic E-state index is 0. The van der Waals surface area contributed by atoms with Gasteiger partial charge in [0.05, 0.1) is 11.0 Å². The van der Waals surface area contributed by atoms with Crippen LogP contribution in [0.5, 0.6) is 0 Å². The van der Waals surface area contributed by atoms with E-state index in [1.807, 2.05) is 48.5 Å². The molecule has 0 saturated heterocycles. The number of guanidine groups is 1. The molecule has 0 unspecified atom stereocenters. The van der Waals surface area contributed by atoms with Crippen LogP contribution in [0.4, 0.5) is 5.69 Å². The summed E-state index contributed by atoms with van der Waals surface area (Å²) in [5.74, 6) is 1.44. The fraction of sp³-hybridized carbons (Fsp3) is 0.222. The molecule has 3 aromatic rings. The van der Waals surface area contributed by atoms with Gasteiger partial charge in [-0.1, -0.05) is 29.8 Å². The molecule has 0 fully saturated rings. The van der Waals surface area contributed by atoms with Crippen molar-refractivity contribution in [3.8, 4) is 0 Å². The highest BCUT2D eigenvalue weighted by atomic mass is 127. The molecule has 5 nitrogen and oxygen atoms in total. The lowest BCUT2D eigenvalue weighted by Gasteiger charge is -2.05. The quantitative estimate of drug-likeness (QED) is 0.247. The van der Waals surface area contributed by atoms with Crippen LogP contribution in [0.1, 0.15) is 17.8 Å². The Hall–Kier alpha value is -2.09. The van der Waals surface area contributed by atoms with Crippen LogP contribution in [0.25, 0.3) is 11.0 Å². The lowest BCUT2D eigenvalue weighted by Crippen LogP contribution is -2.22. The van der Waals surface area contributed by atoms with Crippen LogP contribution >= 0.6 is 24.0 Å². The van der Waals surface area contributed by atoms with Gasteiger partial charge in [0.15, 0.2) is 5.96 Å². The number of hydrogen-bond donors (Lipinski definition) is 3. The predicted molar refractivity (Wildman–Crippen MR) is 111 cm³/mol. The van der Waals surface area contributed by atoms with Crippen molar-refractivity contribution in [2.24, 2.45) is 10.7 Å². The molecule has 0 saturated carbocycles. The zero-order valence-corrected chi connectivity index (χ0v) is 16.0. The number of H-pyrrole nitrogens is 1. The number of aromatic nitrogens is 2. The summed E-state index contributed by atoms with van der Waals surface area (Å²) in [4.78, 5) is 12.2. The van der Waals surface area contributed by atoms with Gasteiger partial charge < -0.3 is 16.0 Å². The number of fused-ring (bicyclic) bond motifs is 1. The number of para-hydroxylation sites is 2. The van der Waals surface area contributed by atoms with Crippen LogP contribution in [-0.2, 0) is 6.42 Å². The average Bonchev–Trinajstić information content (AvgIpc) is 2.96. The summed E-state index contributed by atoms with van der Waals surface area (Å²) < 4.78 is 0. The molecule has 0 amide bonds. The first kappa shape index (κ1) is 18.3. The third kappa shape index (κ3) is 4.95. The Labute approximate surface area is 158 Å². The van der Waals surface area contributed by atoms with E-state index in [-0.39, 0.29) is 24.0 Å². The molecule has 1 heterocycles. The molecule has 126 valence electrons. The van der Waals surface area contributed by atoms with E-state index in [0.717, 1.165) is 35.4 Å². The normalized spacial score (nSPS) is 11.3. The summed E-state index contributed by atoms with van der Waals surface area (Å²) in [5, 5.41) is 3.09. The number of aryl methyl sites for hydroxylation is 2. The molecule has 0 aliphatic carbocycles. The van der Waals surface area contributed by atoms with Gasteiger partial charge in [-0.2, -0.15) is 0 Å². The van der Waals surface area contributed by atoms with Crippen LogP contribution in [0.15, 0.2) is 53.5 Å². The Bertz CT molecular complexity index is 775. The number of aromatic amines is 1. The van der Waals surface area contributed by atoms with E-state index < -0.39 is 0 Å². The Morgan fingerprint density at radius 1 is 1.17 bits per heavy atom. The topological polar surface area (TPSA) is 79.1 Å². The molecule has 3 rings (SSSR count). The SMILES string of the molecule is Cc1ccc(NC(N)=NCCCc2nc3ccccc3[nH]2)cc1.I. The summed E-state index contributed by atoms with van der Waals surface area (Å²) in [5.41, 5.74) is 10.2. The number of anilines is 1. The zero-order chi connectivity index (χ0) is 16.1. The largest absolute Gasteiger partial charge is 0.370 e. The first-order chi connectivity index (χ1) is 11.2. The molecule has 0 radical (unpaired) electrons. The van der Waals surface area contributed by atoms with Crippen molar-refractivity contribution < 1.29 is 0 Å². The van der Waals surface area contributed by atoms with Crippen LogP contribution in [-0.4, -0.2) is 22.5 Å². The van der Waals surface area contributed by atoms with Gasteiger partial charge in [-0.15, -0.1) is 24.0 Å². The number of halogens is 1. The second kappa shape index (κ2) is 8.68. The molecule has 6 heteroatoms. The highest BCUT2D eigenvalue weighted by Gasteiger charge is 2.01. The van der Waals surface area contributed by atoms with Crippen LogP contribution < -0.4 is 11.1 Å². The Kier molecular flexibility index (Phi) is 6.60. The summed E-state index contributed by atoms with van der Waals surface area (Å²) in [6.45, 7) is 2.72. The van der Waals surface area contributed by atoms with Gasteiger partial charge in [0, 0.05) is 18.7 Å². The number of rotatable bonds is 5. The molecular weight excluding hydrogens is 413 g/mol. The van der Waals surface area contributed by atoms with Gasteiger partial charge >= 0.3 is 0 Å². The standard InChI is InChI=1S/C18H21N5.HI/c1-13-8-10-14(11-9-13)21-18(19)20-12-4-7-17-22-15-5-2-3-6-16(15)23-17;/h2-3,5-6,8-11H,4,7,12H2,1H3,(H,22,23)(H3,19,20,21);1H. The molecule has 24 heavy (non-hydrogen) atoms. The van der Waals surface area contributed by atoms with Gasteiger partial charge in [-0.3, -0.25) is 4.99 Å². The smallest absolute Gasteiger partial charge is 0.193 e. The van der Waals surface area contributed by atoms with Crippen LogP contribution in [0, 0.1) is 6.92 Å². The van der Waals surface area contributed by atoms with E-state index in [1.54, 1.807) is 0 Å². The maximum absolute atomic E-state index is 5.90. The molecule has 0 aliphatic rings. The highest BCUT2D eigenvalue weighted by molar-refractivity contribution is 14.0. The van der Waals surface area contributed by atoms with Crippen molar-refractivity contribution in [1.29, 1.82) is 0 Å². The molecule has 2 aromatic carbocycles. The lowest BCUT2D eigenvalue weighted by atomic mass is 10.2.